The van der Waals surface area contributed by atoms with E-state index in [9.17, 15) is 43.2 Å². The predicted octanol–water partition coefficient (Wildman–Crippen LogP) is 8.51. The van der Waals surface area contributed by atoms with E-state index in [1.54, 1.807) is 60.7 Å². The first-order valence-corrected chi connectivity index (χ1v) is 18.3. The fourth-order valence-electron chi connectivity index (χ4n) is 5.07. The average molecular weight is 771 g/mol. The molecule has 1 saturated carbocycles. The molecule has 2 atom stereocenters. The molecule has 0 aromatic heterocycles. The van der Waals surface area contributed by atoms with Gasteiger partial charge in [-0.25, -0.2) is 0 Å². The molecule has 0 aliphatic heterocycles. The molecular weight excluding hydrogens is 743 g/mol. The second-order valence-corrected chi connectivity index (χ2v) is 14.9. The second kappa shape index (κ2) is 15.6. The zero-order valence-corrected chi connectivity index (χ0v) is 28.3. The minimum absolute atomic E-state index is 0.0993. The molecule has 5 rings (SSSR count). The summed E-state index contributed by atoms with van der Waals surface area (Å²) in [5.74, 6) is 1.19. The molecule has 1 fully saturated rings. The Morgan fingerprint density at radius 2 is 0.846 bits per heavy atom. The average Bonchev–Trinajstić information content (AvgIpc) is 3.09. The lowest BCUT2D eigenvalue weighted by atomic mass is 10.00. The van der Waals surface area contributed by atoms with Gasteiger partial charge >= 0.3 is 32.6 Å². The Hall–Kier alpha value is -5.10. The smallest absolute Gasteiger partial charge is 0.437 e. The third-order valence-electron chi connectivity index (χ3n) is 7.61. The predicted molar refractivity (Wildman–Crippen MR) is 177 cm³/mol. The Morgan fingerprint density at radius 3 is 1.17 bits per heavy atom. The number of halogens is 6. The monoisotopic (exact) mass is 770 g/mol. The maximum absolute atomic E-state index is 13.9. The zero-order chi connectivity index (χ0) is 37.6. The summed E-state index contributed by atoms with van der Waals surface area (Å²) in [7, 11) is -9.95. The molecule has 4 aromatic rings. The van der Waals surface area contributed by atoms with Crippen LogP contribution in [-0.4, -0.2) is 51.1 Å². The highest BCUT2D eigenvalue weighted by Crippen LogP contribution is 2.33. The highest BCUT2D eigenvalue weighted by Gasteiger charge is 2.43. The maximum Gasteiger partial charge on any atom is 0.437 e. The van der Waals surface area contributed by atoms with Crippen molar-refractivity contribution in [2.24, 2.45) is 10.3 Å². The quantitative estimate of drug-likeness (QED) is 0.0797. The summed E-state index contributed by atoms with van der Waals surface area (Å²) < 4.78 is 155. The van der Waals surface area contributed by atoms with E-state index in [4.69, 9.17) is 9.47 Å². The van der Waals surface area contributed by atoms with Crippen molar-refractivity contribution in [2.45, 2.75) is 48.5 Å². The van der Waals surface area contributed by atoms with Crippen molar-refractivity contribution in [3.63, 3.8) is 0 Å². The van der Waals surface area contributed by atoms with Gasteiger partial charge < -0.3 is 9.47 Å². The van der Waals surface area contributed by atoms with Gasteiger partial charge in [0.25, 0.3) is 0 Å². The van der Waals surface area contributed by atoms with Crippen LogP contribution in [0.4, 0.5) is 26.3 Å². The number of hydrogen-bond donors (Lipinski definition) is 0. The van der Waals surface area contributed by atoms with Crippen molar-refractivity contribution in [3.05, 3.63) is 120 Å². The van der Waals surface area contributed by atoms with Gasteiger partial charge in [-0.05, 0) is 92.1 Å². The Kier molecular flexibility index (Phi) is 11.5. The van der Waals surface area contributed by atoms with Crippen LogP contribution in [-0.2, 0) is 28.8 Å². The van der Waals surface area contributed by atoms with Crippen molar-refractivity contribution >= 4 is 31.7 Å². The van der Waals surface area contributed by atoms with Gasteiger partial charge in [0.1, 0.15) is 33.5 Å². The van der Waals surface area contributed by atoms with Crippen LogP contribution in [0.1, 0.15) is 36.8 Å². The lowest BCUT2D eigenvalue weighted by Gasteiger charge is -2.26. The van der Waals surface area contributed by atoms with Crippen molar-refractivity contribution < 1.29 is 61.2 Å². The first kappa shape index (κ1) is 38.1. The lowest BCUT2D eigenvalue weighted by molar-refractivity contribution is -0.0606. The Bertz CT molecular complexity index is 1940. The fourth-order valence-corrected chi connectivity index (χ4v) is 7.64. The first-order valence-electron chi connectivity index (χ1n) is 15.3. The number of oxime groups is 2. The van der Waals surface area contributed by atoms with Crippen LogP contribution in [0.5, 0.6) is 23.0 Å². The SMILES string of the molecule is O=S(=O)(O/N=C(/c1ccc(Oc2ccccc2)cc1)C(F)(F)F)C1CCCC(S(=O)(=O)O/N=C(/c2ccc(Oc3ccccc3)cc2)C(F)(F)F)C1. The fraction of sp³-hybridized carbons (Fsp3) is 0.235. The highest BCUT2D eigenvalue weighted by atomic mass is 32.2. The van der Waals surface area contributed by atoms with Crippen molar-refractivity contribution in [1.29, 1.82) is 0 Å². The van der Waals surface area contributed by atoms with Crippen LogP contribution in [0.2, 0.25) is 0 Å². The van der Waals surface area contributed by atoms with E-state index < -0.39 is 72.1 Å². The van der Waals surface area contributed by atoms with E-state index >= 15 is 0 Å². The first-order chi connectivity index (χ1) is 24.5. The highest BCUT2D eigenvalue weighted by molar-refractivity contribution is 7.88. The van der Waals surface area contributed by atoms with E-state index in [1.807, 2.05) is 0 Å². The number of nitrogens with zero attached hydrogens (tertiary/aromatic N) is 2. The van der Waals surface area contributed by atoms with Crippen molar-refractivity contribution in [2.75, 3.05) is 0 Å². The number of ether oxygens (including phenoxy) is 2. The number of hydrogen-bond acceptors (Lipinski definition) is 10. The number of alkyl halides is 6. The molecule has 276 valence electrons. The van der Waals surface area contributed by atoms with Crippen LogP contribution >= 0.6 is 0 Å². The molecule has 0 spiro atoms. The van der Waals surface area contributed by atoms with Gasteiger partial charge in [-0.15, -0.1) is 0 Å². The molecule has 1 aliphatic carbocycles. The van der Waals surface area contributed by atoms with E-state index in [0.717, 1.165) is 24.3 Å². The third-order valence-corrected chi connectivity index (χ3v) is 10.7. The summed E-state index contributed by atoms with van der Waals surface area (Å²) in [4.78, 5) is 0. The number of rotatable bonds is 12. The molecule has 0 saturated heterocycles. The Balaban J connectivity index is 1.27. The van der Waals surface area contributed by atoms with Crippen LogP contribution in [0.25, 0.3) is 0 Å². The molecule has 52 heavy (non-hydrogen) atoms. The van der Waals surface area contributed by atoms with Gasteiger partial charge in [0, 0.05) is 11.1 Å². The molecule has 0 amide bonds. The van der Waals surface area contributed by atoms with E-state index in [1.165, 1.54) is 24.3 Å². The second-order valence-electron chi connectivity index (χ2n) is 11.3. The molecule has 0 N–H and O–H groups in total. The van der Waals surface area contributed by atoms with Gasteiger partial charge in [0.2, 0.25) is 0 Å². The zero-order valence-electron chi connectivity index (χ0n) is 26.6. The molecular formula is C34H28F6N2O8S2. The molecule has 10 nitrogen and oxygen atoms in total. The molecule has 0 radical (unpaired) electrons. The maximum atomic E-state index is 13.9. The molecule has 4 aromatic carbocycles. The molecule has 2 unspecified atom stereocenters. The summed E-state index contributed by atoms with van der Waals surface area (Å²) in [6.45, 7) is 0. The van der Waals surface area contributed by atoms with Gasteiger partial charge in [-0.3, -0.25) is 8.57 Å². The van der Waals surface area contributed by atoms with Crippen LogP contribution < -0.4 is 9.47 Å². The van der Waals surface area contributed by atoms with Crippen molar-refractivity contribution in [1.82, 2.24) is 0 Å². The van der Waals surface area contributed by atoms with Gasteiger partial charge in [0.05, 0.1) is 0 Å². The Morgan fingerprint density at radius 1 is 0.519 bits per heavy atom. The largest absolute Gasteiger partial charge is 0.457 e. The van der Waals surface area contributed by atoms with Crippen molar-refractivity contribution in [3.8, 4) is 23.0 Å². The van der Waals surface area contributed by atoms with Crippen LogP contribution in [0, 0.1) is 0 Å². The topological polar surface area (TPSA) is 130 Å². The van der Waals surface area contributed by atoms with E-state index in [-0.39, 0.29) is 30.8 Å². The van der Waals surface area contributed by atoms with Crippen LogP contribution in [0.15, 0.2) is 120 Å². The number of para-hydroxylation sites is 2. The van der Waals surface area contributed by atoms with Gasteiger partial charge in [-0.1, -0.05) is 53.1 Å². The molecule has 18 heteroatoms. The van der Waals surface area contributed by atoms with Crippen LogP contribution in [0.3, 0.4) is 0 Å². The van der Waals surface area contributed by atoms with E-state index in [2.05, 4.69) is 18.9 Å². The lowest BCUT2D eigenvalue weighted by Crippen LogP contribution is -2.36. The minimum atomic E-state index is -5.17. The van der Waals surface area contributed by atoms with E-state index in [0.29, 0.717) is 11.5 Å². The minimum Gasteiger partial charge on any atom is -0.457 e. The summed E-state index contributed by atoms with van der Waals surface area (Å²) in [6.07, 6.45) is -11.7. The summed E-state index contributed by atoms with van der Waals surface area (Å²) in [5.41, 5.74) is -4.51. The molecule has 0 heterocycles. The summed E-state index contributed by atoms with van der Waals surface area (Å²) in [6, 6.07) is 25.5. The normalized spacial score (nSPS) is 17.7. The standard InChI is InChI=1S/C34H28F6N2O8S2/c35-33(36,37)31(23-14-18-27(19-15-23)47-25-8-3-1-4-9-25)41-49-51(43,44)29-12-7-13-30(22-29)52(45,46)50-42-32(34(38,39)40)24-16-20-28(21-17-24)48-26-10-5-2-6-11-26/h1-6,8-11,14-21,29-30H,7,12-13,22H2/b41-31-,42-32-. The van der Waals surface area contributed by atoms with Gasteiger partial charge in [0.15, 0.2) is 11.4 Å². The third kappa shape index (κ3) is 10.0. The molecule has 0 bridgehead atoms. The number of benzene rings is 4. The molecule has 1 aliphatic rings. The Labute approximate surface area is 294 Å². The van der Waals surface area contributed by atoms with Gasteiger partial charge in [-0.2, -0.15) is 43.2 Å². The summed E-state index contributed by atoms with van der Waals surface area (Å²) in [5, 5.41) is 2.40. The summed E-state index contributed by atoms with van der Waals surface area (Å²) >= 11 is 0.